The summed E-state index contributed by atoms with van der Waals surface area (Å²) in [5.74, 6) is -1.07. The lowest BCUT2D eigenvalue weighted by atomic mass is 10.2. The first-order valence-electron chi connectivity index (χ1n) is 7.45. The van der Waals surface area contributed by atoms with Crippen molar-refractivity contribution in [2.75, 3.05) is 13.1 Å². The molecule has 0 atom stereocenters. The lowest BCUT2D eigenvalue weighted by molar-refractivity contribution is 0.0685. The van der Waals surface area contributed by atoms with E-state index >= 15 is 0 Å². The third-order valence-electron chi connectivity index (χ3n) is 4.19. The zero-order valence-electron chi connectivity index (χ0n) is 11.9. The van der Waals surface area contributed by atoms with Gasteiger partial charge in [0.15, 0.2) is 0 Å². The molecular weight excluding hydrogens is 292 g/mol. The highest BCUT2D eigenvalue weighted by Crippen LogP contribution is 2.37. The van der Waals surface area contributed by atoms with E-state index in [-0.39, 0.29) is 16.6 Å². The molecule has 1 aromatic heterocycles. The van der Waals surface area contributed by atoms with Crippen LogP contribution in [0.25, 0.3) is 0 Å². The van der Waals surface area contributed by atoms with E-state index in [1.54, 1.807) is 4.57 Å². The maximum absolute atomic E-state index is 12.7. The van der Waals surface area contributed by atoms with Crippen molar-refractivity contribution in [3.05, 3.63) is 18.0 Å². The molecule has 6 nitrogen and oxygen atoms in total. The summed E-state index contributed by atoms with van der Waals surface area (Å²) in [4.78, 5) is 11.4. The minimum Gasteiger partial charge on any atom is -0.477 e. The van der Waals surface area contributed by atoms with Gasteiger partial charge >= 0.3 is 5.97 Å². The number of nitrogens with zero attached hydrogens (tertiary/aromatic N) is 2. The van der Waals surface area contributed by atoms with E-state index < -0.39 is 16.0 Å². The Labute approximate surface area is 124 Å². The molecule has 1 saturated heterocycles. The monoisotopic (exact) mass is 312 g/mol. The van der Waals surface area contributed by atoms with Gasteiger partial charge in [-0.05, 0) is 31.7 Å². The Bertz CT molecular complexity index is 638. The number of hydrogen-bond donors (Lipinski definition) is 1. The molecular formula is C14H20N2O4S. The first-order valence-corrected chi connectivity index (χ1v) is 8.89. The number of carboxylic acids is 1. The molecule has 0 radical (unpaired) electrons. The lowest BCUT2D eigenvalue weighted by Gasteiger charge is -2.18. The summed E-state index contributed by atoms with van der Waals surface area (Å²) in [7, 11) is -3.58. The van der Waals surface area contributed by atoms with Crippen molar-refractivity contribution in [2.24, 2.45) is 0 Å². The van der Waals surface area contributed by atoms with Gasteiger partial charge in [-0.25, -0.2) is 13.2 Å². The molecule has 0 unspecified atom stereocenters. The Morgan fingerprint density at radius 1 is 1.14 bits per heavy atom. The first-order chi connectivity index (χ1) is 10.00. The Morgan fingerprint density at radius 3 is 2.29 bits per heavy atom. The molecule has 1 saturated carbocycles. The summed E-state index contributed by atoms with van der Waals surface area (Å²) >= 11 is 0. The molecule has 3 rings (SSSR count). The smallest absolute Gasteiger partial charge is 0.352 e. The van der Waals surface area contributed by atoms with Crippen LogP contribution in [0.2, 0.25) is 0 Å². The first kappa shape index (κ1) is 14.6. The number of aromatic nitrogens is 1. The van der Waals surface area contributed by atoms with Crippen LogP contribution in [0.4, 0.5) is 0 Å². The van der Waals surface area contributed by atoms with Gasteiger partial charge < -0.3 is 9.67 Å². The van der Waals surface area contributed by atoms with Crippen LogP contribution in [-0.4, -0.2) is 41.5 Å². The van der Waals surface area contributed by atoms with Crippen molar-refractivity contribution >= 4 is 16.0 Å². The third-order valence-corrected chi connectivity index (χ3v) is 6.05. The van der Waals surface area contributed by atoms with Gasteiger partial charge in [0.1, 0.15) is 10.6 Å². The van der Waals surface area contributed by atoms with Crippen LogP contribution in [0.15, 0.2) is 17.2 Å². The average molecular weight is 312 g/mol. The molecule has 2 aliphatic rings. The summed E-state index contributed by atoms with van der Waals surface area (Å²) < 4.78 is 28.5. The molecule has 0 spiro atoms. The van der Waals surface area contributed by atoms with E-state index in [0.717, 1.165) is 38.5 Å². The summed E-state index contributed by atoms with van der Waals surface area (Å²) in [5.41, 5.74) is 0.0749. The van der Waals surface area contributed by atoms with E-state index in [1.807, 2.05) is 0 Å². The highest BCUT2D eigenvalue weighted by atomic mass is 32.2. The number of sulfonamides is 1. The van der Waals surface area contributed by atoms with E-state index in [0.29, 0.717) is 13.1 Å². The molecule has 1 aliphatic carbocycles. The van der Waals surface area contributed by atoms with Crippen molar-refractivity contribution in [3.63, 3.8) is 0 Å². The zero-order valence-corrected chi connectivity index (χ0v) is 12.7. The fraction of sp³-hybridized carbons (Fsp3) is 0.643. The molecule has 1 aromatic rings. The minimum atomic E-state index is -3.58. The van der Waals surface area contributed by atoms with Crippen LogP contribution in [0.1, 0.15) is 55.1 Å². The van der Waals surface area contributed by atoms with Crippen LogP contribution >= 0.6 is 0 Å². The van der Waals surface area contributed by atoms with Crippen LogP contribution < -0.4 is 0 Å². The van der Waals surface area contributed by atoms with Crippen LogP contribution in [-0.2, 0) is 10.0 Å². The van der Waals surface area contributed by atoms with Crippen molar-refractivity contribution < 1.29 is 18.3 Å². The average Bonchev–Trinajstić information content (AvgIpc) is 3.22. The maximum Gasteiger partial charge on any atom is 0.352 e. The van der Waals surface area contributed by atoms with Gasteiger partial charge in [-0.15, -0.1) is 0 Å². The van der Waals surface area contributed by atoms with Crippen molar-refractivity contribution in [1.29, 1.82) is 0 Å². The second-order valence-electron chi connectivity index (χ2n) is 5.82. The number of aromatic carboxylic acids is 1. The fourth-order valence-electron chi connectivity index (χ4n) is 2.85. The van der Waals surface area contributed by atoms with Crippen molar-refractivity contribution in [1.82, 2.24) is 8.87 Å². The van der Waals surface area contributed by atoms with Gasteiger partial charge in [0, 0.05) is 25.3 Å². The van der Waals surface area contributed by atoms with E-state index in [9.17, 15) is 18.3 Å². The van der Waals surface area contributed by atoms with Crippen molar-refractivity contribution in [3.8, 4) is 0 Å². The van der Waals surface area contributed by atoms with E-state index in [2.05, 4.69) is 0 Å². The quantitative estimate of drug-likeness (QED) is 0.923. The van der Waals surface area contributed by atoms with Crippen LogP contribution in [0, 0.1) is 0 Å². The number of rotatable bonds is 4. The van der Waals surface area contributed by atoms with Gasteiger partial charge in [-0.1, -0.05) is 12.8 Å². The lowest BCUT2D eigenvalue weighted by Crippen LogP contribution is -2.31. The third kappa shape index (κ3) is 2.85. The number of carboxylic acid groups (broad SMARTS) is 1. The summed E-state index contributed by atoms with van der Waals surface area (Å²) in [6.45, 7) is 1.05. The highest BCUT2D eigenvalue weighted by Gasteiger charge is 2.32. The van der Waals surface area contributed by atoms with Gasteiger partial charge in [0.05, 0.1) is 0 Å². The molecule has 116 valence electrons. The molecule has 1 N–H and O–H groups in total. The topological polar surface area (TPSA) is 79.6 Å². The molecule has 1 aliphatic heterocycles. The van der Waals surface area contributed by atoms with Gasteiger partial charge in [0.2, 0.25) is 10.0 Å². The second-order valence-corrected chi connectivity index (χ2v) is 7.76. The number of carbonyl (C=O) groups is 1. The summed E-state index contributed by atoms with van der Waals surface area (Å²) in [6.07, 6.45) is 7.17. The Balaban J connectivity index is 1.94. The fourth-order valence-corrected chi connectivity index (χ4v) is 4.40. The zero-order chi connectivity index (χ0) is 15.0. The summed E-state index contributed by atoms with van der Waals surface area (Å²) in [6, 6.07) is 1.45. The molecule has 2 heterocycles. The molecule has 0 bridgehead atoms. The van der Waals surface area contributed by atoms with Gasteiger partial charge in [0.25, 0.3) is 0 Å². The van der Waals surface area contributed by atoms with Gasteiger partial charge in [-0.3, -0.25) is 0 Å². The predicted molar refractivity (Wildman–Crippen MR) is 76.9 cm³/mol. The predicted octanol–water partition coefficient (Wildman–Crippen LogP) is 2.09. The molecule has 0 aromatic carbocycles. The number of hydrogen-bond acceptors (Lipinski definition) is 3. The second kappa shape index (κ2) is 5.46. The van der Waals surface area contributed by atoms with E-state index in [1.165, 1.54) is 16.6 Å². The Hall–Kier alpha value is -1.34. The molecule has 2 fully saturated rings. The highest BCUT2D eigenvalue weighted by molar-refractivity contribution is 7.89. The van der Waals surface area contributed by atoms with E-state index in [4.69, 9.17) is 0 Å². The van der Waals surface area contributed by atoms with Gasteiger partial charge in [-0.2, -0.15) is 4.31 Å². The molecule has 0 amide bonds. The van der Waals surface area contributed by atoms with Crippen LogP contribution in [0.3, 0.4) is 0 Å². The Morgan fingerprint density at radius 2 is 1.76 bits per heavy atom. The largest absolute Gasteiger partial charge is 0.477 e. The Kier molecular flexibility index (Phi) is 3.79. The SMILES string of the molecule is O=C(O)c1cc(S(=O)(=O)N2CCCCCC2)cn1C1CC1. The standard InChI is InChI=1S/C14H20N2O4S/c17-14(18)13-9-12(10-16(13)11-5-6-11)21(19,20)15-7-3-1-2-4-8-15/h9-11H,1-8H2,(H,17,18). The normalized spacial score (nSPS) is 21.1. The maximum atomic E-state index is 12.7. The van der Waals surface area contributed by atoms with Crippen molar-refractivity contribution in [2.45, 2.75) is 49.5 Å². The molecule has 7 heteroatoms. The van der Waals surface area contributed by atoms with Crippen LogP contribution in [0.5, 0.6) is 0 Å². The summed E-state index contributed by atoms with van der Waals surface area (Å²) in [5, 5.41) is 9.25. The molecule has 21 heavy (non-hydrogen) atoms. The minimum absolute atomic E-state index is 0.0749.